The molecule has 0 saturated carbocycles. The lowest BCUT2D eigenvalue weighted by atomic mass is 10.1. The Morgan fingerprint density at radius 2 is 1.96 bits per heavy atom. The number of hydrogen-bond acceptors (Lipinski definition) is 4. The van der Waals surface area contributed by atoms with Crippen LogP contribution in [0.1, 0.15) is 36.2 Å². The van der Waals surface area contributed by atoms with Gasteiger partial charge in [0.25, 0.3) is 0 Å². The summed E-state index contributed by atoms with van der Waals surface area (Å²) in [7, 11) is 5.59. The molecule has 0 aromatic carbocycles. The van der Waals surface area contributed by atoms with Gasteiger partial charge in [-0.05, 0) is 45.1 Å². The van der Waals surface area contributed by atoms with Gasteiger partial charge < -0.3 is 19.7 Å². The van der Waals surface area contributed by atoms with Crippen molar-refractivity contribution in [1.82, 2.24) is 20.0 Å². The number of hydrogen-bond donors (Lipinski definition) is 1. The molecule has 27 heavy (non-hydrogen) atoms. The Kier molecular flexibility index (Phi) is 11.2. The number of rotatable bonds is 8. The summed E-state index contributed by atoms with van der Waals surface area (Å²) in [4.78, 5) is 6.79. The minimum atomic E-state index is 0. The molecule has 8 heteroatoms. The topological polar surface area (TPSA) is 63.9 Å². The molecule has 1 aliphatic rings. The fourth-order valence-corrected chi connectivity index (χ4v) is 3.50. The van der Waals surface area contributed by atoms with E-state index < -0.39 is 0 Å². The van der Waals surface area contributed by atoms with Crippen LogP contribution in [0.4, 0.5) is 0 Å². The molecule has 0 aliphatic carbocycles. The number of aliphatic imine (C=N–C) groups is 1. The van der Waals surface area contributed by atoms with Crippen molar-refractivity contribution >= 4 is 29.9 Å². The number of piperidine rings is 1. The molecule has 0 spiro atoms. The van der Waals surface area contributed by atoms with Gasteiger partial charge in [-0.1, -0.05) is 0 Å². The highest BCUT2D eigenvalue weighted by atomic mass is 127. The molecular weight excluding hydrogens is 457 g/mol. The van der Waals surface area contributed by atoms with Crippen molar-refractivity contribution in [1.29, 1.82) is 0 Å². The van der Waals surface area contributed by atoms with Crippen molar-refractivity contribution < 1.29 is 9.47 Å². The summed E-state index contributed by atoms with van der Waals surface area (Å²) in [6.07, 6.45) is 4.39. The third kappa shape index (κ3) is 7.23. The van der Waals surface area contributed by atoms with Crippen LogP contribution in [0.2, 0.25) is 0 Å². The van der Waals surface area contributed by atoms with Crippen LogP contribution in [0, 0.1) is 13.8 Å². The largest absolute Gasteiger partial charge is 0.385 e. The lowest BCUT2D eigenvalue weighted by molar-refractivity contribution is 0.00992. The minimum Gasteiger partial charge on any atom is -0.385 e. The second-order valence-corrected chi connectivity index (χ2v) is 6.90. The number of nitrogens with one attached hydrogen (secondary N) is 1. The Morgan fingerprint density at radius 3 is 2.52 bits per heavy atom. The van der Waals surface area contributed by atoms with Crippen LogP contribution in [0.15, 0.2) is 4.99 Å². The summed E-state index contributed by atoms with van der Waals surface area (Å²) >= 11 is 0. The summed E-state index contributed by atoms with van der Waals surface area (Å²) in [5.74, 6) is 0.988. The Hall–Kier alpha value is -0.870. The Balaban J connectivity index is 0.00000364. The average molecular weight is 493 g/mol. The molecule has 7 nitrogen and oxygen atoms in total. The van der Waals surface area contributed by atoms with Crippen LogP contribution in [-0.2, 0) is 22.9 Å². The molecule has 156 valence electrons. The number of aromatic nitrogens is 2. The summed E-state index contributed by atoms with van der Waals surface area (Å²) in [6.45, 7) is 8.60. The maximum Gasteiger partial charge on any atom is 0.193 e. The number of aryl methyl sites for hydroxylation is 2. The van der Waals surface area contributed by atoms with Gasteiger partial charge in [-0.15, -0.1) is 24.0 Å². The van der Waals surface area contributed by atoms with Gasteiger partial charge in [0.2, 0.25) is 0 Å². The second kappa shape index (κ2) is 12.6. The third-order valence-electron chi connectivity index (χ3n) is 5.12. The van der Waals surface area contributed by atoms with Gasteiger partial charge >= 0.3 is 0 Å². The highest BCUT2D eigenvalue weighted by Crippen LogP contribution is 2.15. The predicted octanol–water partition coefficient (Wildman–Crippen LogP) is 2.29. The molecule has 1 aromatic heterocycles. The fourth-order valence-electron chi connectivity index (χ4n) is 3.50. The molecule has 1 aliphatic heterocycles. The molecule has 1 fully saturated rings. The Morgan fingerprint density at radius 1 is 1.26 bits per heavy atom. The molecule has 0 amide bonds. The normalized spacial score (nSPS) is 15.7. The average Bonchev–Trinajstić information content (AvgIpc) is 2.89. The summed E-state index contributed by atoms with van der Waals surface area (Å²) in [5, 5.41) is 8.00. The van der Waals surface area contributed by atoms with Crippen molar-refractivity contribution in [3.63, 3.8) is 0 Å². The van der Waals surface area contributed by atoms with Gasteiger partial charge in [0.15, 0.2) is 5.96 Å². The molecule has 0 radical (unpaired) electrons. The lowest BCUT2D eigenvalue weighted by Crippen LogP contribution is -2.47. The van der Waals surface area contributed by atoms with Crippen molar-refractivity contribution in [3.05, 3.63) is 17.0 Å². The maximum absolute atomic E-state index is 5.94. The number of methoxy groups -OCH3 is 1. The Bertz CT molecular complexity index is 583. The van der Waals surface area contributed by atoms with Crippen LogP contribution < -0.4 is 5.32 Å². The zero-order valence-corrected chi connectivity index (χ0v) is 19.8. The number of guanidine groups is 1. The SMILES string of the molecule is CN=C(NCCc1c(C)nn(C)c1C)N1CCC(OCCCOC)CC1.I. The fraction of sp³-hybridized carbons (Fsp3) is 0.789. The minimum absolute atomic E-state index is 0. The van der Waals surface area contributed by atoms with Gasteiger partial charge in [0.05, 0.1) is 11.8 Å². The van der Waals surface area contributed by atoms with Crippen molar-refractivity contribution in [3.8, 4) is 0 Å². The third-order valence-corrected chi connectivity index (χ3v) is 5.12. The van der Waals surface area contributed by atoms with Crippen LogP contribution in [-0.4, -0.2) is 73.7 Å². The zero-order chi connectivity index (χ0) is 18.9. The highest BCUT2D eigenvalue weighted by molar-refractivity contribution is 14.0. The first-order valence-electron chi connectivity index (χ1n) is 9.62. The summed E-state index contributed by atoms with van der Waals surface area (Å²) < 4.78 is 13.0. The number of nitrogens with zero attached hydrogens (tertiary/aromatic N) is 4. The first-order chi connectivity index (χ1) is 12.6. The predicted molar refractivity (Wildman–Crippen MR) is 120 cm³/mol. The summed E-state index contributed by atoms with van der Waals surface area (Å²) in [5.41, 5.74) is 3.69. The Labute approximate surface area is 180 Å². The van der Waals surface area contributed by atoms with Gasteiger partial charge in [0, 0.05) is 59.7 Å². The van der Waals surface area contributed by atoms with Gasteiger partial charge in [-0.25, -0.2) is 0 Å². The van der Waals surface area contributed by atoms with E-state index in [-0.39, 0.29) is 24.0 Å². The van der Waals surface area contributed by atoms with Crippen molar-refractivity contribution in [2.24, 2.45) is 12.0 Å². The van der Waals surface area contributed by atoms with Crippen LogP contribution in [0.25, 0.3) is 0 Å². The van der Waals surface area contributed by atoms with Crippen molar-refractivity contribution in [2.75, 3.05) is 47.0 Å². The number of halogens is 1. The quantitative estimate of drug-likeness (QED) is 0.261. The molecular formula is C19H36IN5O2. The van der Waals surface area contributed by atoms with E-state index in [4.69, 9.17) is 9.47 Å². The van der Waals surface area contributed by atoms with E-state index in [1.54, 1.807) is 7.11 Å². The molecule has 1 aromatic rings. The van der Waals surface area contributed by atoms with E-state index in [1.165, 1.54) is 11.3 Å². The molecule has 2 rings (SSSR count). The van der Waals surface area contributed by atoms with E-state index >= 15 is 0 Å². The van der Waals surface area contributed by atoms with E-state index in [2.05, 4.69) is 34.2 Å². The molecule has 0 bridgehead atoms. The van der Waals surface area contributed by atoms with E-state index in [1.807, 2.05) is 18.8 Å². The lowest BCUT2D eigenvalue weighted by Gasteiger charge is -2.34. The van der Waals surface area contributed by atoms with Gasteiger partial charge in [-0.2, -0.15) is 5.10 Å². The molecule has 0 atom stereocenters. The maximum atomic E-state index is 5.94. The van der Waals surface area contributed by atoms with E-state index in [0.717, 1.165) is 70.2 Å². The first-order valence-corrected chi connectivity index (χ1v) is 9.62. The smallest absolute Gasteiger partial charge is 0.193 e. The standard InChI is InChI=1S/C19H35N5O2.HI/c1-15-18(16(2)23(4)22-15)7-10-21-19(20-3)24-11-8-17(9-12-24)26-14-6-13-25-5;/h17H,6-14H2,1-5H3,(H,20,21);1H. The number of ether oxygens (including phenoxy) is 2. The zero-order valence-electron chi connectivity index (χ0n) is 17.5. The van der Waals surface area contributed by atoms with Crippen LogP contribution in [0.5, 0.6) is 0 Å². The first kappa shape index (κ1) is 24.2. The van der Waals surface area contributed by atoms with Crippen molar-refractivity contribution in [2.45, 2.75) is 45.6 Å². The van der Waals surface area contributed by atoms with E-state index in [9.17, 15) is 0 Å². The number of likely N-dealkylation sites (tertiary alicyclic amines) is 1. The molecule has 0 unspecified atom stereocenters. The van der Waals surface area contributed by atoms with Gasteiger partial charge in [0.1, 0.15) is 0 Å². The summed E-state index contributed by atoms with van der Waals surface area (Å²) in [6, 6.07) is 0. The monoisotopic (exact) mass is 493 g/mol. The molecule has 2 heterocycles. The van der Waals surface area contributed by atoms with Crippen LogP contribution in [0.3, 0.4) is 0 Å². The highest BCUT2D eigenvalue weighted by Gasteiger charge is 2.21. The van der Waals surface area contributed by atoms with Gasteiger partial charge in [-0.3, -0.25) is 9.67 Å². The second-order valence-electron chi connectivity index (χ2n) is 6.90. The molecule has 1 saturated heterocycles. The van der Waals surface area contributed by atoms with Crippen LogP contribution >= 0.6 is 24.0 Å². The molecule has 1 N–H and O–H groups in total. The van der Waals surface area contributed by atoms with E-state index in [0.29, 0.717) is 6.10 Å².